The van der Waals surface area contributed by atoms with Crippen LogP contribution < -0.4 is 5.32 Å². The van der Waals surface area contributed by atoms with Crippen molar-refractivity contribution in [2.45, 2.75) is 6.54 Å². The van der Waals surface area contributed by atoms with Crippen molar-refractivity contribution in [3.8, 4) is 11.1 Å². The van der Waals surface area contributed by atoms with Gasteiger partial charge in [0.15, 0.2) is 0 Å². The lowest BCUT2D eigenvalue weighted by Crippen LogP contribution is -2.17. The maximum absolute atomic E-state index is 8.70. The lowest BCUT2D eigenvalue weighted by Gasteiger charge is -2.08. The maximum Gasteiger partial charge on any atom is 0.0556 e. The molecule has 2 rings (SSSR count). The Bertz CT molecular complexity index is 502. The van der Waals surface area contributed by atoms with Crippen LogP contribution in [-0.2, 0) is 6.54 Å². The molecule has 94 valence electrons. The first-order valence-electron chi connectivity index (χ1n) is 5.81. The van der Waals surface area contributed by atoms with Gasteiger partial charge >= 0.3 is 0 Å². The molecule has 1 aromatic carbocycles. The van der Waals surface area contributed by atoms with Gasteiger partial charge in [0.2, 0.25) is 0 Å². The summed E-state index contributed by atoms with van der Waals surface area (Å²) in [7, 11) is 0. The summed E-state index contributed by atoms with van der Waals surface area (Å²) in [4.78, 5) is 4.09. The molecule has 0 fully saturated rings. The number of hydrogen-bond acceptors (Lipinski definition) is 3. The normalized spacial score (nSPS) is 10.6. The highest BCUT2D eigenvalue weighted by atomic mass is 35.5. The van der Waals surface area contributed by atoms with Gasteiger partial charge in [-0.25, -0.2) is 0 Å². The number of nitrogens with zero attached hydrogens (tertiary/aromatic N) is 1. The first-order valence-corrected chi connectivity index (χ1v) is 6.19. The van der Waals surface area contributed by atoms with Gasteiger partial charge in [0.1, 0.15) is 0 Å². The first-order chi connectivity index (χ1) is 8.81. The SMILES string of the molecule is OCCNCc1ccc(-c2cccnc2)c(Cl)c1. The average Bonchev–Trinajstić information content (AvgIpc) is 2.40. The topological polar surface area (TPSA) is 45.1 Å². The summed E-state index contributed by atoms with van der Waals surface area (Å²) in [6.07, 6.45) is 3.54. The largest absolute Gasteiger partial charge is 0.395 e. The van der Waals surface area contributed by atoms with Crippen LogP contribution in [0.1, 0.15) is 5.56 Å². The second kappa shape index (κ2) is 6.50. The Morgan fingerprint density at radius 2 is 2.17 bits per heavy atom. The predicted molar refractivity (Wildman–Crippen MR) is 73.5 cm³/mol. The molecule has 1 aromatic heterocycles. The van der Waals surface area contributed by atoms with Crippen molar-refractivity contribution in [3.05, 3.63) is 53.3 Å². The van der Waals surface area contributed by atoms with Crippen molar-refractivity contribution in [2.24, 2.45) is 0 Å². The second-order valence-electron chi connectivity index (χ2n) is 3.96. The highest BCUT2D eigenvalue weighted by molar-refractivity contribution is 6.33. The van der Waals surface area contributed by atoms with E-state index in [0.29, 0.717) is 18.1 Å². The lowest BCUT2D eigenvalue weighted by molar-refractivity contribution is 0.292. The van der Waals surface area contributed by atoms with Crippen LogP contribution in [0.15, 0.2) is 42.7 Å². The van der Waals surface area contributed by atoms with Gasteiger partial charge < -0.3 is 10.4 Å². The van der Waals surface area contributed by atoms with E-state index in [-0.39, 0.29) is 6.61 Å². The Morgan fingerprint density at radius 1 is 1.28 bits per heavy atom. The fraction of sp³-hybridized carbons (Fsp3) is 0.214. The molecule has 2 aromatic rings. The monoisotopic (exact) mass is 262 g/mol. The summed E-state index contributed by atoms with van der Waals surface area (Å²) in [5.41, 5.74) is 3.09. The van der Waals surface area contributed by atoms with Crippen molar-refractivity contribution in [1.82, 2.24) is 10.3 Å². The fourth-order valence-electron chi connectivity index (χ4n) is 1.74. The molecule has 0 atom stereocenters. The Morgan fingerprint density at radius 3 is 2.83 bits per heavy atom. The Hall–Kier alpha value is -1.42. The maximum atomic E-state index is 8.70. The minimum absolute atomic E-state index is 0.140. The zero-order valence-corrected chi connectivity index (χ0v) is 10.7. The summed E-state index contributed by atoms with van der Waals surface area (Å²) < 4.78 is 0. The molecule has 0 aliphatic heterocycles. The number of benzene rings is 1. The van der Waals surface area contributed by atoms with E-state index in [9.17, 15) is 0 Å². The van der Waals surface area contributed by atoms with Gasteiger partial charge in [-0.1, -0.05) is 29.8 Å². The van der Waals surface area contributed by atoms with Gasteiger partial charge in [-0.15, -0.1) is 0 Å². The third-order valence-corrected chi connectivity index (χ3v) is 2.94. The van der Waals surface area contributed by atoms with Gasteiger partial charge in [-0.05, 0) is 17.7 Å². The van der Waals surface area contributed by atoms with Crippen LogP contribution in [0.5, 0.6) is 0 Å². The van der Waals surface area contributed by atoms with Crippen LogP contribution in [0, 0.1) is 0 Å². The zero-order valence-electron chi connectivity index (χ0n) is 9.94. The van der Waals surface area contributed by atoms with Crippen LogP contribution in [-0.4, -0.2) is 23.2 Å². The van der Waals surface area contributed by atoms with Crippen LogP contribution >= 0.6 is 11.6 Å². The van der Waals surface area contributed by atoms with Crippen LogP contribution in [0.3, 0.4) is 0 Å². The molecule has 0 saturated carbocycles. The molecule has 0 bridgehead atoms. The highest BCUT2D eigenvalue weighted by Crippen LogP contribution is 2.27. The van der Waals surface area contributed by atoms with E-state index in [1.54, 1.807) is 12.4 Å². The number of hydrogen-bond donors (Lipinski definition) is 2. The Labute approximate surface area is 111 Å². The van der Waals surface area contributed by atoms with E-state index < -0.39 is 0 Å². The van der Waals surface area contributed by atoms with E-state index in [2.05, 4.69) is 10.3 Å². The van der Waals surface area contributed by atoms with Crippen molar-refractivity contribution >= 4 is 11.6 Å². The summed E-state index contributed by atoms with van der Waals surface area (Å²) in [5.74, 6) is 0. The Kier molecular flexibility index (Phi) is 4.70. The van der Waals surface area contributed by atoms with Crippen LogP contribution in [0.2, 0.25) is 5.02 Å². The smallest absolute Gasteiger partial charge is 0.0556 e. The molecule has 18 heavy (non-hydrogen) atoms. The summed E-state index contributed by atoms with van der Waals surface area (Å²) in [5, 5.41) is 12.5. The molecule has 2 N–H and O–H groups in total. The van der Waals surface area contributed by atoms with Crippen molar-refractivity contribution < 1.29 is 5.11 Å². The summed E-state index contributed by atoms with van der Waals surface area (Å²) in [6.45, 7) is 1.43. The number of halogens is 1. The minimum atomic E-state index is 0.140. The van der Waals surface area contributed by atoms with E-state index in [1.807, 2.05) is 30.3 Å². The average molecular weight is 263 g/mol. The van der Waals surface area contributed by atoms with Gasteiger partial charge in [0.25, 0.3) is 0 Å². The number of rotatable bonds is 5. The number of aliphatic hydroxyl groups excluding tert-OH is 1. The molecule has 0 unspecified atom stereocenters. The zero-order chi connectivity index (χ0) is 12.8. The van der Waals surface area contributed by atoms with Crippen LogP contribution in [0.4, 0.5) is 0 Å². The molecule has 0 spiro atoms. The third kappa shape index (κ3) is 3.29. The summed E-state index contributed by atoms with van der Waals surface area (Å²) >= 11 is 6.27. The molecule has 3 nitrogen and oxygen atoms in total. The van der Waals surface area contributed by atoms with Gasteiger partial charge in [0.05, 0.1) is 6.61 Å². The van der Waals surface area contributed by atoms with Crippen molar-refractivity contribution in [2.75, 3.05) is 13.2 Å². The molecule has 1 heterocycles. The molecule has 0 saturated heterocycles. The third-order valence-electron chi connectivity index (χ3n) is 2.62. The Balaban J connectivity index is 2.15. The number of nitrogens with one attached hydrogen (secondary N) is 1. The first kappa shape index (κ1) is 13.0. The molecular weight excluding hydrogens is 248 g/mol. The number of pyridine rings is 1. The van der Waals surface area contributed by atoms with Crippen molar-refractivity contribution in [3.63, 3.8) is 0 Å². The second-order valence-corrected chi connectivity index (χ2v) is 4.36. The van der Waals surface area contributed by atoms with E-state index >= 15 is 0 Å². The molecule has 0 radical (unpaired) electrons. The van der Waals surface area contributed by atoms with Crippen molar-refractivity contribution in [1.29, 1.82) is 0 Å². The van der Waals surface area contributed by atoms with E-state index in [0.717, 1.165) is 16.7 Å². The van der Waals surface area contributed by atoms with Gasteiger partial charge in [-0.3, -0.25) is 4.98 Å². The highest BCUT2D eigenvalue weighted by Gasteiger charge is 2.04. The van der Waals surface area contributed by atoms with Crippen LogP contribution in [0.25, 0.3) is 11.1 Å². The minimum Gasteiger partial charge on any atom is -0.395 e. The molecule has 0 aliphatic rings. The van der Waals surface area contributed by atoms with Gasteiger partial charge in [-0.2, -0.15) is 0 Å². The van der Waals surface area contributed by atoms with E-state index in [1.165, 1.54) is 0 Å². The standard InChI is InChI=1S/C14H15ClN2O/c15-14-8-11(9-17-6-7-18)3-4-13(14)12-2-1-5-16-10-12/h1-5,8,10,17-18H,6-7,9H2. The quantitative estimate of drug-likeness (QED) is 0.814. The summed E-state index contributed by atoms with van der Waals surface area (Å²) in [6, 6.07) is 9.84. The van der Waals surface area contributed by atoms with E-state index in [4.69, 9.17) is 16.7 Å². The number of aliphatic hydroxyl groups is 1. The number of aromatic nitrogens is 1. The predicted octanol–water partition coefficient (Wildman–Crippen LogP) is 2.48. The molecule has 0 aliphatic carbocycles. The molecular formula is C14H15ClN2O. The van der Waals surface area contributed by atoms with Gasteiger partial charge in [0, 0.05) is 41.6 Å². The lowest BCUT2D eigenvalue weighted by atomic mass is 10.1. The molecule has 0 amide bonds. The fourth-order valence-corrected chi connectivity index (χ4v) is 2.05. The molecule has 4 heteroatoms.